The number of aryl methyl sites for hydroxylation is 2. The van der Waals surface area contributed by atoms with Crippen molar-refractivity contribution in [3.8, 4) is 0 Å². The van der Waals surface area contributed by atoms with Gasteiger partial charge in [0.2, 0.25) is 5.52 Å². The van der Waals surface area contributed by atoms with E-state index in [-0.39, 0.29) is 11.2 Å². The van der Waals surface area contributed by atoms with Crippen LogP contribution in [0.4, 0.5) is 17.1 Å². The fourth-order valence-electron chi connectivity index (χ4n) is 2.10. The number of hydrogen-bond donors (Lipinski definition) is 1. The summed E-state index contributed by atoms with van der Waals surface area (Å²) in [6, 6.07) is 8.99. The zero-order valence-corrected chi connectivity index (χ0v) is 11.5. The molecule has 7 nitrogen and oxygen atoms in total. The van der Waals surface area contributed by atoms with Gasteiger partial charge in [0.1, 0.15) is 11.2 Å². The van der Waals surface area contributed by atoms with E-state index < -0.39 is 4.92 Å². The van der Waals surface area contributed by atoms with Gasteiger partial charge in [-0.2, -0.15) is 0 Å². The summed E-state index contributed by atoms with van der Waals surface area (Å²) in [5, 5.41) is 21.6. The van der Waals surface area contributed by atoms with E-state index in [0.717, 1.165) is 16.8 Å². The van der Waals surface area contributed by atoms with Crippen molar-refractivity contribution in [3.05, 3.63) is 51.6 Å². The first-order valence-electron chi connectivity index (χ1n) is 6.30. The van der Waals surface area contributed by atoms with E-state index in [1.165, 1.54) is 0 Å². The molecule has 3 rings (SSSR count). The van der Waals surface area contributed by atoms with Crippen LogP contribution in [0.1, 0.15) is 11.1 Å². The van der Waals surface area contributed by atoms with Crippen molar-refractivity contribution < 1.29 is 9.55 Å². The van der Waals surface area contributed by atoms with Crippen LogP contribution in [-0.4, -0.2) is 15.2 Å². The van der Waals surface area contributed by atoms with Crippen LogP contribution >= 0.6 is 0 Å². The highest BCUT2D eigenvalue weighted by Crippen LogP contribution is 2.33. The molecule has 0 saturated heterocycles. The lowest BCUT2D eigenvalue weighted by atomic mass is 10.1. The van der Waals surface area contributed by atoms with Gasteiger partial charge in [0.25, 0.3) is 0 Å². The van der Waals surface area contributed by atoms with Gasteiger partial charge in [-0.25, -0.2) is 4.63 Å². The summed E-state index contributed by atoms with van der Waals surface area (Å²) in [4.78, 5) is 10.8. The second kappa shape index (κ2) is 4.86. The Labute approximate surface area is 119 Å². The summed E-state index contributed by atoms with van der Waals surface area (Å²) in [7, 11) is 0. The Morgan fingerprint density at radius 2 is 1.95 bits per heavy atom. The number of nitro groups is 1. The Kier molecular flexibility index (Phi) is 3.02. The third kappa shape index (κ3) is 2.29. The molecule has 0 saturated carbocycles. The summed E-state index contributed by atoms with van der Waals surface area (Å²) >= 11 is 0. The molecule has 1 heterocycles. The Morgan fingerprint density at radius 1 is 1.14 bits per heavy atom. The van der Waals surface area contributed by atoms with Gasteiger partial charge in [0.05, 0.1) is 4.92 Å². The molecule has 0 bridgehead atoms. The van der Waals surface area contributed by atoms with Gasteiger partial charge in [-0.1, -0.05) is 6.07 Å². The topological polar surface area (TPSA) is 94.1 Å². The summed E-state index contributed by atoms with van der Waals surface area (Å²) in [5.41, 5.74) is 3.73. The lowest BCUT2D eigenvalue weighted by Gasteiger charge is -2.09. The van der Waals surface area contributed by atoms with Crippen LogP contribution in [0.5, 0.6) is 0 Å². The SMILES string of the molecule is Cc1ccc(Nc2ccc3nonc3c2[N+](=O)[O-])cc1C. The normalized spacial score (nSPS) is 10.8. The second-order valence-electron chi connectivity index (χ2n) is 4.77. The maximum absolute atomic E-state index is 11.3. The van der Waals surface area contributed by atoms with Crippen molar-refractivity contribution >= 4 is 28.1 Å². The van der Waals surface area contributed by atoms with Crippen molar-refractivity contribution in [1.82, 2.24) is 10.3 Å². The van der Waals surface area contributed by atoms with E-state index >= 15 is 0 Å². The van der Waals surface area contributed by atoms with E-state index in [2.05, 4.69) is 20.3 Å². The number of aromatic nitrogens is 2. The largest absolute Gasteiger partial charge is 0.350 e. The molecule has 0 atom stereocenters. The minimum atomic E-state index is -0.490. The first-order chi connectivity index (χ1) is 10.1. The molecule has 0 spiro atoms. The van der Waals surface area contributed by atoms with Gasteiger partial charge in [-0.3, -0.25) is 10.1 Å². The highest BCUT2D eigenvalue weighted by atomic mass is 16.6. The fourth-order valence-corrected chi connectivity index (χ4v) is 2.10. The van der Waals surface area contributed by atoms with E-state index in [1.807, 2.05) is 32.0 Å². The average Bonchev–Trinajstić information content (AvgIpc) is 2.90. The number of hydrogen-bond acceptors (Lipinski definition) is 6. The number of nitrogens with one attached hydrogen (secondary N) is 1. The Balaban J connectivity index is 2.09. The minimum Gasteiger partial charge on any atom is -0.350 e. The zero-order valence-electron chi connectivity index (χ0n) is 11.5. The molecule has 1 N–H and O–H groups in total. The number of rotatable bonds is 3. The fraction of sp³-hybridized carbons (Fsp3) is 0.143. The summed E-state index contributed by atoms with van der Waals surface area (Å²) in [5.74, 6) is 0. The third-order valence-corrected chi connectivity index (χ3v) is 3.37. The quantitative estimate of drug-likeness (QED) is 0.584. The molecule has 0 radical (unpaired) electrons. The molecule has 0 aliphatic rings. The molecule has 3 aromatic rings. The van der Waals surface area contributed by atoms with Crippen molar-refractivity contribution in [1.29, 1.82) is 0 Å². The lowest BCUT2D eigenvalue weighted by molar-refractivity contribution is -0.382. The van der Waals surface area contributed by atoms with Crippen molar-refractivity contribution in [2.75, 3.05) is 5.32 Å². The molecule has 0 aliphatic heterocycles. The van der Waals surface area contributed by atoms with E-state index in [0.29, 0.717) is 11.2 Å². The third-order valence-electron chi connectivity index (χ3n) is 3.37. The monoisotopic (exact) mass is 284 g/mol. The summed E-state index contributed by atoms with van der Waals surface area (Å²) < 4.78 is 4.56. The summed E-state index contributed by atoms with van der Waals surface area (Å²) in [6.07, 6.45) is 0. The first-order valence-corrected chi connectivity index (χ1v) is 6.30. The summed E-state index contributed by atoms with van der Waals surface area (Å²) in [6.45, 7) is 3.99. The lowest BCUT2D eigenvalue weighted by Crippen LogP contribution is -1.98. The van der Waals surface area contributed by atoms with Gasteiger partial charge < -0.3 is 5.32 Å². The standard InChI is InChI=1S/C14H12N4O3/c1-8-3-4-10(7-9(8)2)15-12-6-5-11-13(17-21-16-11)14(12)18(19)20/h3-7,15H,1-2H3. The second-order valence-corrected chi connectivity index (χ2v) is 4.77. The van der Waals surface area contributed by atoms with Crippen molar-refractivity contribution in [2.45, 2.75) is 13.8 Å². The van der Waals surface area contributed by atoms with Gasteiger partial charge in [-0.05, 0) is 59.6 Å². The zero-order chi connectivity index (χ0) is 15.0. The molecular weight excluding hydrogens is 272 g/mol. The molecule has 0 aliphatic carbocycles. The van der Waals surface area contributed by atoms with Crippen LogP contribution in [0.2, 0.25) is 0 Å². The predicted molar refractivity (Wildman–Crippen MR) is 77.7 cm³/mol. The molecule has 106 valence electrons. The number of nitro benzene ring substituents is 1. The molecule has 0 amide bonds. The molecular formula is C14H12N4O3. The van der Waals surface area contributed by atoms with Gasteiger partial charge >= 0.3 is 5.69 Å². The highest BCUT2D eigenvalue weighted by Gasteiger charge is 2.22. The smallest absolute Gasteiger partial charge is 0.323 e. The van der Waals surface area contributed by atoms with Gasteiger partial charge in [-0.15, -0.1) is 0 Å². The van der Waals surface area contributed by atoms with Crippen LogP contribution in [-0.2, 0) is 0 Å². The van der Waals surface area contributed by atoms with Gasteiger partial charge in [0, 0.05) is 5.69 Å². The van der Waals surface area contributed by atoms with Crippen LogP contribution in [0.15, 0.2) is 35.0 Å². The minimum absolute atomic E-state index is 0.133. The number of nitrogens with zero attached hydrogens (tertiary/aromatic N) is 3. The van der Waals surface area contributed by atoms with Crippen molar-refractivity contribution in [2.24, 2.45) is 0 Å². The maximum atomic E-state index is 11.3. The molecule has 1 aromatic heterocycles. The van der Waals surface area contributed by atoms with Crippen LogP contribution < -0.4 is 5.32 Å². The molecule has 7 heteroatoms. The number of fused-ring (bicyclic) bond motifs is 1. The van der Waals surface area contributed by atoms with Crippen molar-refractivity contribution in [3.63, 3.8) is 0 Å². The van der Waals surface area contributed by atoms with Crippen LogP contribution in [0.3, 0.4) is 0 Å². The Bertz CT molecular complexity index is 841. The van der Waals surface area contributed by atoms with Crippen LogP contribution in [0, 0.1) is 24.0 Å². The van der Waals surface area contributed by atoms with Gasteiger partial charge in [0.15, 0.2) is 0 Å². The predicted octanol–water partition coefficient (Wildman–Crippen LogP) is 3.49. The van der Waals surface area contributed by atoms with E-state index in [4.69, 9.17) is 0 Å². The van der Waals surface area contributed by atoms with E-state index in [1.54, 1.807) is 12.1 Å². The molecule has 2 aromatic carbocycles. The maximum Gasteiger partial charge on any atom is 0.323 e. The Morgan fingerprint density at radius 3 is 2.67 bits per heavy atom. The Hall–Kier alpha value is -2.96. The molecule has 0 unspecified atom stereocenters. The van der Waals surface area contributed by atoms with Crippen LogP contribution in [0.25, 0.3) is 11.0 Å². The number of anilines is 2. The number of benzene rings is 2. The molecule has 0 fully saturated rings. The van der Waals surface area contributed by atoms with E-state index in [9.17, 15) is 10.1 Å². The average molecular weight is 284 g/mol. The highest BCUT2D eigenvalue weighted by molar-refractivity contribution is 5.91. The first kappa shape index (κ1) is 13.0. The molecule has 21 heavy (non-hydrogen) atoms.